The van der Waals surface area contributed by atoms with Crippen molar-refractivity contribution in [2.24, 2.45) is 5.73 Å². The first-order valence-electron chi connectivity index (χ1n) is 6.12. The van der Waals surface area contributed by atoms with E-state index < -0.39 is 0 Å². The van der Waals surface area contributed by atoms with E-state index >= 15 is 0 Å². The fourth-order valence-electron chi connectivity index (χ4n) is 1.63. The number of pyridine rings is 1. The third-order valence-electron chi connectivity index (χ3n) is 2.67. The van der Waals surface area contributed by atoms with Crippen molar-refractivity contribution >= 4 is 0 Å². The highest BCUT2D eigenvalue weighted by Gasteiger charge is 2.17. The van der Waals surface area contributed by atoms with Crippen LogP contribution in [0.2, 0.25) is 0 Å². The molecule has 2 rings (SSSR count). The van der Waals surface area contributed by atoms with E-state index in [4.69, 9.17) is 11.0 Å². The number of aromatic nitrogens is 4. The number of nitrogens with two attached hydrogens (primary N) is 1. The summed E-state index contributed by atoms with van der Waals surface area (Å²) in [4.78, 5) is 8.67. The van der Waals surface area contributed by atoms with Crippen molar-refractivity contribution in [1.82, 2.24) is 19.7 Å². The molecule has 0 aromatic carbocycles. The summed E-state index contributed by atoms with van der Waals surface area (Å²) in [6.07, 6.45) is 1.51. The van der Waals surface area contributed by atoms with Gasteiger partial charge in [0.15, 0.2) is 17.5 Å². The van der Waals surface area contributed by atoms with E-state index in [1.165, 1.54) is 6.20 Å². The first-order chi connectivity index (χ1) is 9.02. The van der Waals surface area contributed by atoms with Gasteiger partial charge in [0, 0.05) is 12.1 Å². The zero-order chi connectivity index (χ0) is 14.0. The van der Waals surface area contributed by atoms with Crippen LogP contribution in [0.4, 0.5) is 0 Å². The Kier molecular flexibility index (Phi) is 3.58. The third kappa shape index (κ3) is 2.61. The van der Waals surface area contributed by atoms with Crippen LogP contribution in [0.3, 0.4) is 0 Å². The molecule has 0 aliphatic rings. The summed E-state index contributed by atoms with van der Waals surface area (Å²) in [6, 6.07) is 5.23. The van der Waals surface area contributed by atoms with Crippen LogP contribution in [-0.4, -0.2) is 19.7 Å². The first kappa shape index (κ1) is 13.2. The van der Waals surface area contributed by atoms with Crippen LogP contribution in [0, 0.1) is 11.3 Å². The SMILES string of the molecule is CC(C)c1nc([C@H](C)N)n(-c2ccc(C#N)cn2)n1. The van der Waals surface area contributed by atoms with Crippen molar-refractivity contribution in [3.05, 3.63) is 35.5 Å². The minimum atomic E-state index is -0.238. The quantitative estimate of drug-likeness (QED) is 0.901. The van der Waals surface area contributed by atoms with E-state index in [0.29, 0.717) is 17.2 Å². The van der Waals surface area contributed by atoms with Crippen LogP contribution in [0.1, 0.15) is 49.9 Å². The molecule has 1 atom stereocenters. The maximum atomic E-state index is 8.77. The van der Waals surface area contributed by atoms with Gasteiger partial charge in [0.25, 0.3) is 0 Å². The minimum absolute atomic E-state index is 0.220. The van der Waals surface area contributed by atoms with Gasteiger partial charge in [0.05, 0.1) is 11.6 Å². The highest BCUT2D eigenvalue weighted by Crippen LogP contribution is 2.17. The van der Waals surface area contributed by atoms with Crippen molar-refractivity contribution < 1.29 is 0 Å². The van der Waals surface area contributed by atoms with Crippen LogP contribution >= 0.6 is 0 Å². The minimum Gasteiger partial charge on any atom is -0.322 e. The van der Waals surface area contributed by atoms with Crippen molar-refractivity contribution in [1.29, 1.82) is 5.26 Å². The summed E-state index contributed by atoms with van der Waals surface area (Å²) in [5, 5.41) is 13.2. The van der Waals surface area contributed by atoms with Crippen molar-refractivity contribution in [3.63, 3.8) is 0 Å². The van der Waals surface area contributed by atoms with Gasteiger partial charge in [-0.3, -0.25) is 0 Å². The molecule has 0 amide bonds. The molecule has 2 heterocycles. The Labute approximate surface area is 111 Å². The van der Waals surface area contributed by atoms with E-state index in [1.807, 2.05) is 26.8 Å². The lowest BCUT2D eigenvalue weighted by Gasteiger charge is -2.06. The van der Waals surface area contributed by atoms with E-state index in [-0.39, 0.29) is 12.0 Å². The predicted molar refractivity (Wildman–Crippen MR) is 70.6 cm³/mol. The van der Waals surface area contributed by atoms with Crippen molar-refractivity contribution in [2.45, 2.75) is 32.7 Å². The summed E-state index contributed by atoms with van der Waals surface area (Å²) in [5.41, 5.74) is 6.43. The summed E-state index contributed by atoms with van der Waals surface area (Å²) in [7, 11) is 0. The number of nitrogens with zero attached hydrogens (tertiary/aromatic N) is 5. The normalized spacial score (nSPS) is 12.4. The number of hydrogen-bond acceptors (Lipinski definition) is 5. The molecule has 0 radical (unpaired) electrons. The second-order valence-corrected chi connectivity index (χ2v) is 4.70. The van der Waals surface area contributed by atoms with Gasteiger partial charge in [-0.05, 0) is 19.1 Å². The molecule has 0 aliphatic heterocycles. The van der Waals surface area contributed by atoms with Crippen LogP contribution in [0.5, 0.6) is 0 Å². The van der Waals surface area contributed by atoms with Crippen molar-refractivity contribution in [2.75, 3.05) is 0 Å². The lowest BCUT2D eigenvalue weighted by Crippen LogP contribution is -2.14. The Hall–Kier alpha value is -2.26. The van der Waals surface area contributed by atoms with Gasteiger partial charge in [-0.2, -0.15) is 9.94 Å². The van der Waals surface area contributed by atoms with Gasteiger partial charge in [-0.1, -0.05) is 13.8 Å². The summed E-state index contributed by atoms with van der Waals surface area (Å²) < 4.78 is 1.64. The molecule has 6 heteroatoms. The number of nitriles is 1. The van der Waals surface area contributed by atoms with E-state index in [1.54, 1.807) is 16.8 Å². The van der Waals surface area contributed by atoms with Crippen LogP contribution < -0.4 is 5.73 Å². The molecule has 19 heavy (non-hydrogen) atoms. The average molecular weight is 256 g/mol. The van der Waals surface area contributed by atoms with E-state index in [2.05, 4.69) is 15.1 Å². The average Bonchev–Trinajstić information content (AvgIpc) is 2.84. The maximum absolute atomic E-state index is 8.77. The molecular formula is C13H16N6. The van der Waals surface area contributed by atoms with Crippen LogP contribution in [0.15, 0.2) is 18.3 Å². The van der Waals surface area contributed by atoms with Gasteiger partial charge >= 0.3 is 0 Å². The van der Waals surface area contributed by atoms with Crippen LogP contribution in [-0.2, 0) is 0 Å². The lowest BCUT2D eigenvalue weighted by molar-refractivity contribution is 0.679. The monoisotopic (exact) mass is 256 g/mol. The first-order valence-corrected chi connectivity index (χ1v) is 6.12. The molecule has 98 valence electrons. The van der Waals surface area contributed by atoms with Gasteiger partial charge < -0.3 is 5.73 Å². The predicted octanol–water partition coefficient (Wildman–Crippen LogP) is 1.68. The zero-order valence-corrected chi connectivity index (χ0v) is 11.2. The number of rotatable bonds is 3. The van der Waals surface area contributed by atoms with E-state index in [0.717, 1.165) is 5.82 Å². The molecule has 2 N–H and O–H groups in total. The Balaban J connectivity index is 2.50. The van der Waals surface area contributed by atoms with Crippen molar-refractivity contribution in [3.8, 4) is 11.9 Å². The topological polar surface area (TPSA) is 93.4 Å². The molecule has 0 saturated carbocycles. The third-order valence-corrected chi connectivity index (χ3v) is 2.67. The summed E-state index contributed by atoms with van der Waals surface area (Å²) >= 11 is 0. The molecule has 0 unspecified atom stereocenters. The molecule has 0 aliphatic carbocycles. The molecule has 2 aromatic heterocycles. The Morgan fingerprint density at radius 3 is 2.53 bits per heavy atom. The molecule has 0 fully saturated rings. The molecule has 0 spiro atoms. The Morgan fingerprint density at radius 2 is 2.05 bits per heavy atom. The summed E-state index contributed by atoms with van der Waals surface area (Å²) in [6.45, 7) is 5.90. The molecule has 2 aromatic rings. The highest BCUT2D eigenvalue weighted by atomic mass is 15.4. The second kappa shape index (κ2) is 5.16. The largest absolute Gasteiger partial charge is 0.322 e. The number of hydrogen-bond donors (Lipinski definition) is 1. The highest BCUT2D eigenvalue weighted by molar-refractivity contribution is 5.32. The second-order valence-electron chi connectivity index (χ2n) is 4.70. The van der Waals surface area contributed by atoms with Gasteiger partial charge in [-0.25, -0.2) is 9.97 Å². The van der Waals surface area contributed by atoms with Gasteiger partial charge in [-0.15, -0.1) is 5.10 Å². The fourth-order valence-corrected chi connectivity index (χ4v) is 1.63. The summed E-state index contributed by atoms with van der Waals surface area (Å²) in [5.74, 6) is 2.24. The maximum Gasteiger partial charge on any atom is 0.155 e. The fraction of sp³-hybridized carbons (Fsp3) is 0.385. The Bertz CT molecular complexity index is 603. The van der Waals surface area contributed by atoms with Gasteiger partial charge in [0.2, 0.25) is 0 Å². The standard InChI is InChI=1S/C13H16N6/c1-8(2)12-17-13(9(3)15)19(18-12)11-5-4-10(6-14)7-16-11/h4-5,7-9H,15H2,1-3H3/t9-/m0/s1. The molecular weight excluding hydrogens is 240 g/mol. The van der Waals surface area contributed by atoms with Crippen LogP contribution in [0.25, 0.3) is 5.82 Å². The molecule has 0 saturated heterocycles. The Morgan fingerprint density at radius 1 is 1.32 bits per heavy atom. The van der Waals surface area contributed by atoms with Gasteiger partial charge in [0.1, 0.15) is 6.07 Å². The molecule has 6 nitrogen and oxygen atoms in total. The molecule has 0 bridgehead atoms. The zero-order valence-electron chi connectivity index (χ0n) is 11.2. The van der Waals surface area contributed by atoms with E-state index in [9.17, 15) is 0 Å². The lowest BCUT2D eigenvalue weighted by atomic mass is 10.2. The smallest absolute Gasteiger partial charge is 0.155 e.